The SMILES string of the molecule is CN1CCN(c2nc(N)ncc2-c2cccc(Cl)c2Cl)CC1.CS(=O)(=O)O. The summed E-state index contributed by atoms with van der Waals surface area (Å²) in [6.07, 6.45) is 2.43. The van der Waals surface area contributed by atoms with Gasteiger partial charge in [-0.1, -0.05) is 35.3 Å². The van der Waals surface area contributed by atoms with E-state index < -0.39 is 10.1 Å². The first-order valence-corrected chi connectivity index (χ1v) is 10.6. The molecule has 1 aliphatic rings. The Kier molecular flexibility index (Phi) is 7.24. The molecule has 11 heteroatoms. The number of halogens is 2. The molecule has 3 rings (SSSR count). The first-order chi connectivity index (χ1) is 12.6. The van der Waals surface area contributed by atoms with Crippen molar-refractivity contribution < 1.29 is 13.0 Å². The third kappa shape index (κ3) is 6.47. The van der Waals surface area contributed by atoms with Crippen LogP contribution in [-0.2, 0) is 10.1 Å². The monoisotopic (exact) mass is 433 g/mol. The van der Waals surface area contributed by atoms with Crippen LogP contribution in [0.2, 0.25) is 10.0 Å². The van der Waals surface area contributed by atoms with Crippen LogP contribution in [0.5, 0.6) is 0 Å². The Labute approximate surface area is 168 Å². The van der Waals surface area contributed by atoms with Crippen LogP contribution in [0, 0.1) is 0 Å². The van der Waals surface area contributed by atoms with Crippen LogP contribution >= 0.6 is 23.2 Å². The summed E-state index contributed by atoms with van der Waals surface area (Å²) in [5.41, 5.74) is 7.46. The van der Waals surface area contributed by atoms with Crippen LogP contribution in [0.1, 0.15) is 0 Å². The maximum absolute atomic E-state index is 9.19. The minimum Gasteiger partial charge on any atom is -0.368 e. The van der Waals surface area contributed by atoms with Gasteiger partial charge < -0.3 is 15.5 Å². The van der Waals surface area contributed by atoms with Gasteiger partial charge in [-0.3, -0.25) is 4.55 Å². The van der Waals surface area contributed by atoms with Gasteiger partial charge in [0.1, 0.15) is 5.82 Å². The number of nitrogens with two attached hydrogens (primary N) is 1. The van der Waals surface area contributed by atoms with Gasteiger partial charge in [-0.25, -0.2) is 4.98 Å². The van der Waals surface area contributed by atoms with Crippen molar-refractivity contribution in [3.8, 4) is 11.1 Å². The van der Waals surface area contributed by atoms with E-state index in [0.717, 1.165) is 43.1 Å². The number of nitrogen functional groups attached to an aromatic ring is 1. The van der Waals surface area contributed by atoms with Crippen LogP contribution in [-0.4, -0.2) is 67.3 Å². The molecule has 0 saturated carbocycles. The minimum absolute atomic E-state index is 0.260. The van der Waals surface area contributed by atoms with E-state index in [4.69, 9.17) is 33.5 Å². The fraction of sp³-hybridized carbons (Fsp3) is 0.375. The lowest BCUT2D eigenvalue weighted by Crippen LogP contribution is -2.45. The first-order valence-electron chi connectivity index (χ1n) is 7.99. The number of likely N-dealkylation sites (N-methyl/N-ethyl adjacent to an activating group) is 1. The van der Waals surface area contributed by atoms with E-state index in [-0.39, 0.29) is 5.95 Å². The maximum Gasteiger partial charge on any atom is 0.261 e. The Hall–Kier alpha value is -1.65. The molecule has 0 bridgehead atoms. The van der Waals surface area contributed by atoms with Crippen LogP contribution in [0.3, 0.4) is 0 Å². The van der Waals surface area contributed by atoms with E-state index in [9.17, 15) is 8.42 Å². The Morgan fingerprint density at radius 2 is 1.74 bits per heavy atom. The van der Waals surface area contributed by atoms with Gasteiger partial charge in [0, 0.05) is 43.5 Å². The highest BCUT2D eigenvalue weighted by Gasteiger charge is 2.21. The number of hydrogen-bond acceptors (Lipinski definition) is 7. The first kappa shape index (κ1) is 21.6. The summed E-state index contributed by atoms with van der Waals surface area (Å²) in [6, 6.07) is 5.55. The lowest BCUT2D eigenvalue weighted by atomic mass is 10.1. The quantitative estimate of drug-likeness (QED) is 0.693. The largest absolute Gasteiger partial charge is 0.368 e. The van der Waals surface area contributed by atoms with Crippen molar-refractivity contribution in [3.05, 3.63) is 34.4 Å². The van der Waals surface area contributed by atoms with E-state index in [1.807, 2.05) is 12.1 Å². The number of piperazine rings is 1. The Morgan fingerprint density at radius 3 is 2.33 bits per heavy atom. The average Bonchev–Trinajstić information content (AvgIpc) is 2.57. The van der Waals surface area contributed by atoms with Gasteiger partial charge in [-0.15, -0.1) is 0 Å². The zero-order chi connectivity index (χ0) is 20.2. The third-order valence-corrected chi connectivity index (χ3v) is 4.65. The Morgan fingerprint density at radius 1 is 1.15 bits per heavy atom. The molecule has 0 unspecified atom stereocenters. The number of nitrogens with zero attached hydrogens (tertiary/aromatic N) is 4. The van der Waals surface area contributed by atoms with E-state index in [0.29, 0.717) is 16.3 Å². The van der Waals surface area contributed by atoms with E-state index in [1.165, 1.54) is 0 Å². The zero-order valence-corrected chi connectivity index (χ0v) is 17.3. The van der Waals surface area contributed by atoms with Gasteiger partial charge >= 0.3 is 0 Å². The van der Waals surface area contributed by atoms with Crippen LogP contribution in [0.4, 0.5) is 11.8 Å². The molecule has 2 aromatic rings. The Balaban J connectivity index is 0.000000465. The second-order valence-corrected chi connectivity index (χ2v) is 8.34. The molecular formula is C16H21Cl2N5O3S. The molecule has 1 saturated heterocycles. The number of hydrogen-bond donors (Lipinski definition) is 2. The molecule has 27 heavy (non-hydrogen) atoms. The summed E-state index contributed by atoms with van der Waals surface area (Å²) in [6.45, 7) is 3.73. The minimum atomic E-state index is -3.67. The molecular weight excluding hydrogens is 413 g/mol. The van der Waals surface area contributed by atoms with Gasteiger partial charge in [0.25, 0.3) is 10.1 Å². The average molecular weight is 434 g/mol. The molecule has 0 spiro atoms. The molecule has 1 aromatic carbocycles. The van der Waals surface area contributed by atoms with Crippen molar-refractivity contribution in [3.63, 3.8) is 0 Å². The van der Waals surface area contributed by atoms with Gasteiger partial charge in [0.2, 0.25) is 5.95 Å². The predicted octanol–water partition coefficient (Wildman–Crippen LogP) is 2.29. The summed E-state index contributed by atoms with van der Waals surface area (Å²) in [5.74, 6) is 1.07. The Bertz CT molecular complexity index is 895. The highest BCUT2D eigenvalue weighted by Crippen LogP contribution is 2.37. The highest BCUT2D eigenvalue weighted by atomic mass is 35.5. The van der Waals surface area contributed by atoms with Gasteiger partial charge in [-0.2, -0.15) is 13.4 Å². The number of anilines is 2. The second kappa shape index (κ2) is 9.03. The van der Waals surface area contributed by atoms with Crippen molar-refractivity contribution in [2.75, 3.05) is 50.1 Å². The number of aromatic nitrogens is 2. The second-order valence-electron chi connectivity index (χ2n) is 6.09. The molecule has 8 nitrogen and oxygen atoms in total. The molecule has 1 fully saturated rings. The zero-order valence-electron chi connectivity index (χ0n) is 14.9. The number of benzene rings is 1. The van der Waals surface area contributed by atoms with Crippen LogP contribution in [0.25, 0.3) is 11.1 Å². The molecule has 0 atom stereocenters. The van der Waals surface area contributed by atoms with Gasteiger partial charge in [0.15, 0.2) is 0 Å². The summed E-state index contributed by atoms with van der Waals surface area (Å²) in [4.78, 5) is 13.1. The van der Waals surface area contributed by atoms with E-state index in [1.54, 1.807) is 12.3 Å². The van der Waals surface area contributed by atoms with Crippen molar-refractivity contribution in [1.29, 1.82) is 0 Å². The molecule has 1 aliphatic heterocycles. The summed E-state index contributed by atoms with van der Waals surface area (Å²) >= 11 is 12.5. The smallest absolute Gasteiger partial charge is 0.261 e. The number of rotatable bonds is 2. The summed E-state index contributed by atoms with van der Waals surface area (Å²) in [7, 11) is -1.56. The van der Waals surface area contributed by atoms with Crippen molar-refractivity contribution >= 4 is 45.1 Å². The maximum atomic E-state index is 9.19. The van der Waals surface area contributed by atoms with E-state index in [2.05, 4.69) is 26.8 Å². The third-order valence-electron chi connectivity index (χ3n) is 3.83. The summed E-state index contributed by atoms with van der Waals surface area (Å²) in [5, 5.41) is 1.02. The summed E-state index contributed by atoms with van der Waals surface area (Å²) < 4.78 is 25.9. The fourth-order valence-electron chi connectivity index (χ4n) is 2.55. The molecule has 2 heterocycles. The van der Waals surface area contributed by atoms with Crippen LogP contribution < -0.4 is 10.6 Å². The lowest BCUT2D eigenvalue weighted by molar-refractivity contribution is 0.312. The highest BCUT2D eigenvalue weighted by molar-refractivity contribution is 7.85. The normalized spacial score (nSPS) is 15.2. The topological polar surface area (TPSA) is 113 Å². The molecule has 3 N–H and O–H groups in total. The molecule has 1 aromatic heterocycles. The van der Waals surface area contributed by atoms with Gasteiger partial charge in [0.05, 0.1) is 16.3 Å². The van der Waals surface area contributed by atoms with Gasteiger partial charge in [-0.05, 0) is 13.1 Å². The van der Waals surface area contributed by atoms with Crippen molar-refractivity contribution in [2.45, 2.75) is 0 Å². The van der Waals surface area contributed by atoms with Crippen LogP contribution in [0.15, 0.2) is 24.4 Å². The van der Waals surface area contributed by atoms with E-state index >= 15 is 0 Å². The fourth-order valence-corrected chi connectivity index (χ4v) is 2.95. The standard InChI is InChI=1S/C15H17Cl2N5.CH4O3S/c1-21-5-7-22(8-6-21)14-11(9-19-15(18)20-14)10-3-2-4-12(16)13(10)17;1-5(2,3)4/h2-4,9H,5-8H2,1H3,(H2,18,19,20);1H3,(H,2,3,4). The molecule has 0 amide bonds. The lowest BCUT2D eigenvalue weighted by Gasteiger charge is -2.34. The molecule has 0 radical (unpaired) electrons. The molecule has 0 aliphatic carbocycles. The molecule has 148 valence electrons. The predicted molar refractivity (Wildman–Crippen MR) is 109 cm³/mol. The van der Waals surface area contributed by atoms with Crippen molar-refractivity contribution in [1.82, 2.24) is 14.9 Å². The van der Waals surface area contributed by atoms with Crippen molar-refractivity contribution in [2.24, 2.45) is 0 Å².